The van der Waals surface area contributed by atoms with Crippen LogP contribution in [0.4, 0.5) is 20.2 Å². The van der Waals surface area contributed by atoms with Gasteiger partial charge in [-0.25, -0.2) is 8.78 Å². The number of amides is 2. The first-order chi connectivity index (χ1) is 13.5. The second-order valence-electron chi connectivity index (χ2n) is 6.36. The molecule has 0 spiro atoms. The second kappa shape index (κ2) is 7.43. The van der Waals surface area contributed by atoms with Crippen molar-refractivity contribution < 1.29 is 18.4 Å². The lowest BCUT2D eigenvalue weighted by molar-refractivity contribution is -0.122. The third-order valence-electron chi connectivity index (χ3n) is 4.50. The van der Waals surface area contributed by atoms with Crippen molar-refractivity contribution in [1.82, 2.24) is 9.59 Å². The molecule has 1 aliphatic rings. The van der Waals surface area contributed by atoms with Crippen LogP contribution < -0.4 is 10.2 Å². The highest BCUT2D eigenvalue weighted by atomic mass is 32.1. The molecule has 6 nitrogen and oxygen atoms in total. The molecule has 1 fully saturated rings. The van der Waals surface area contributed by atoms with Gasteiger partial charge in [0.15, 0.2) is 0 Å². The number of benzene rings is 2. The third kappa shape index (κ3) is 3.61. The summed E-state index contributed by atoms with van der Waals surface area (Å²) in [6.07, 6.45) is -0.0365. The zero-order chi connectivity index (χ0) is 19.7. The van der Waals surface area contributed by atoms with E-state index in [1.54, 1.807) is 12.1 Å². The van der Waals surface area contributed by atoms with E-state index in [1.807, 2.05) is 17.5 Å². The number of hydrogen-bond donors (Lipinski definition) is 1. The number of halogens is 2. The first-order valence-electron chi connectivity index (χ1n) is 8.45. The van der Waals surface area contributed by atoms with Crippen LogP contribution in [0.25, 0.3) is 11.3 Å². The molecule has 1 aromatic heterocycles. The zero-order valence-corrected chi connectivity index (χ0v) is 15.2. The number of aromatic nitrogens is 2. The van der Waals surface area contributed by atoms with E-state index in [9.17, 15) is 18.4 Å². The van der Waals surface area contributed by atoms with Crippen LogP contribution in [0.2, 0.25) is 0 Å². The van der Waals surface area contributed by atoms with E-state index in [-0.39, 0.29) is 30.5 Å². The average Bonchev–Trinajstić information content (AvgIpc) is 3.33. The van der Waals surface area contributed by atoms with E-state index in [1.165, 1.54) is 22.5 Å². The topological polar surface area (TPSA) is 75.2 Å². The highest BCUT2D eigenvalue weighted by molar-refractivity contribution is 7.03. The van der Waals surface area contributed by atoms with Gasteiger partial charge < -0.3 is 10.2 Å². The van der Waals surface area contributed by atoms with E-state index in [2.05, 4.69) is 14.9 Å². The standard InChI is InChI=1S/C19H14F2N4O2S/c20-13-3-6-17(15(21)8-13)25-9-12(7-18(25)26)19(27)22-14-4-1-11(2-5-14)16-10-28-24-23-16/h1-6,8,10,12H,7,9H2,(H,22,27). The summed E-state index contributed by atoms with van der Waals surface area (Å²) in [5.41, 5.74) is 2.18. The molecular weight excluding hydrogens is 386 g/mol. The Kier molecular flexibility index (Phi) is 4.82. The first kappa shape index (κ1) is 18.2. The molecule has 1 N–H and O–H groups in total. The monoisotopic (exact) mass is 400 g/mol. The number of nitrogens with zero attached hydrogens (tertiary/aromatic N) is 3. The minimum absolute atomic E-state index is 0.0251. The van der Waals surface area contributed by atoms with Crippen molar-refractivity contribution in [2.45, 2.75) is 6.42 Å². The Morgan fingerprint density at radius 2 is 1.96 bits per heavy atom. The van der Waals surface area contributed by atoms with Gasteiger partial charge in [0, 0.05) is 35.7 Å². The van der Waals surface area contributed by atoms with Gasteiger partial charge in [-0.1, -0.05) is 16.6 Å². The van der Waals surface area contributed by atoms with Gasteiger partial charge in [-0.3, -0.25) is 9.59 Å². The lowest BCUT2D eigenvalue weighted by atomic mass is 10.1. The van der Waals surface area contributed by atoms with Crippen LogP contribution in [0.1, 0.15) is 6.42 Å². The number of nitrogens with one attached hydrogen (secondary N) is 1. The summed E-state index contributed by atoms with van der Waals surface area (Å²) >= 11 is 1.25. The Hall–Kier alpha value is -3.20. The molecule has 1 unspecified atom stereocenters. The van der Waals surface area contributed by atoms with Gasteiger partial charge in [-0.05, 0) is 35.8 Å². The Balaban J connectivity index is 1.43. The van der Waals surface area contributed by atoms with Crippen LogP contribution in [0.5, 0.6) is 0 Å². The fraction of sp³-hybridized carbons (Fsp3) is 0.158. The molecule has 2 aromatic carbocycles. The molecule has 1 atom stereocenters. The maximum Gasteiger partial charge on any atom is 0.229 e. The van der Waals surface area contributed by atoms with E-state index in [0.717, 1.165) is 23.4 Å². The smallest absolute Gasteiger partial charge is 0.229 e. The molecule has 142 valence electrons. The fourth-order valence-electron chi connectivity index (χ4n) is 3.08. The van der Waals surface area contributed by atoms with E-state index in [0.29, 0.717) is 5.69 Å². The number of anilines is 2. The molecule has 1 aliphatic heterocycles. The van der Waals surface area contributed by atoms with Gasteiger partial charge in [0.2, 0.25) is 11.8 Å². The molecule has 0 radical (unpaired) electrons. The van der Waals surface area contributed by atoms with Crippen molar-refractivity contribution >= 4 is 34.7 Å². The predicted octanol–water partition coefficient (Wildman–Crippen LogP) is 3.47. The number of carbonyl (C=O) groups excluding carboxylic acids is 2. The summed E-state index contributed by atoms with van der Waals surface area (Å²) in [5.74, 6) is -2.89. The van der Waals surface area contributed by atoms with E-state index < -0.39 is 17.6 Å². The molecule has 9 heteroatoms. The molecular formula is C19H14F2N4O2S. The highest BCUT2D eigenvalue weighted by Crippen LogP contribution is 2.29. The Bertz CT molecular complexity index is 1020. The van der Waals surface area contributed by atoms with Gasteiger partial charge in [-0.2, -0.15) is 0 Å². The minimum Gasteiger partial charge on any atom is -0.326 e. The maximum absolute atomic E-state index is 14.0. The summed E-state index contributed by atoms with van der Waals surface area (Å²) in [4.78, 5) is 25.9. The molecule has 0 aliphatic carbocycles. The van der Waals surface area contributed by atoms with Crippen LogP contribution >= 0.6 is 11.5 Å². The van der Waals surface area contributed by atoms with Crippen LogP contribution in [-0.4, -0.2) is 27.9 Å². The van der Waals surface area contributed by atoms with Crippen LogP contribution in [-0.2, 0) is 9.59 Å². The summed E-state index contributed by atoms with van der Waals surface area (Å²) < 4.78 is 30.9. The lowest BCUT2D eigenvalue weighted by Crippen LogP contribution is -2.28. The Morgan fingerprint density at radius 1 is 1.18 bits per heavy atom. The summed E-state index contributed by atoms with van der Waals surface area (Å²) in [6, 6.07) is 10.1. The van der Waals surface area contributed by atoms with Gasteiger partial charge >= 0.3 is 0 Å². The largest absolute Gasteiger partial charge is 0.326 e. The van der Waals surface area contributed by atoms with Crippen molar-refractivity contribution in [3.05, 3.63) is 59.5 Å². The summed E-state index contributed by atoms with van der Waals surface area (Å²) in [7, 11) is 0. The van der Waals surface area contributed by atoms with Gasteiger partial charge in [-0.15, -0.1) is 5.10 Å². The predicted molar refractivity (Wildman–Crippen MR) is 101 cm³/mol. The van der Waals surface area contributed by atoms with Gasteiger partial charge in [0.1, 0.15) is 17.3 Å². The minimum atomic E-state index is -0.832. The third-order valence-corrected chi connectivity index (χ3v) is 5.01. The molecule has 28 heavy (non-hydrogen) atoms. The number of rotatable bonds is 4. The van der Waals surface area contributed by atoms with Crippen LogP contribution in [0.15, 0.2) is 47.8 Å². The average molecular weight is 400 g/mol. The van der Waals surface area contributed by atoms with E-state index in [4.69, 9.17) is 0 Å². The van der Waals surface area contributed by atoms with Gasteiger partial charge in [0.25, 0.3) is 0 Å². The highest BCUT2D eigenvalue weighted by Gasteiger charge is 2.36. The lowest BCUT2D eigenvalue weighted by Gasteiger charge is -2.17. The quantitative estimate of drug-likeness (QED) is 0.728. The van der Waals surface area contributed by atoms with Crippen molar-refractivity contribution in [3.63, 3.8) is 0 Å². The second-order valence-corrected chi connectivity index (χ2v) is 6.97. The summed E-state index contributed by atoms with van der Waals surface area (Å²) in [5, 5.41) is 8.57. The molecule has 3 aromatic rings. The maximum atomic E-state index is 14.0. The van der Waals surface area contributed by atoms with Crippen molar-refractivity contribution in [2.75, 3.05) is 16.8 Å². The molecule has 2 heterocycles. The van der Waals surface area contributed by atoms with Crippen molar-refractivity contribution in [3.8, 4) is 11.3 Å². The molecule has 0 bridgehead atoms. The zero-order valence-electron chi connectivity index (χ0n) is 14.4. The number of carbonyl (C=O) groups is 2. The Morgan fingerprint density at radius 3 is 2.64 bits per heavy atom. The molecule has 1 saturated heterocycles. The van der Waals surface area contributed by atoms with Crippen molar-refractivity contribution in [1.29, 1.82) is 0 Å². The normalized spacial score (nSPS) is 16.4. The van der Waals surface area contributed by atoms with Crippen LogP contribution in [0.3, 0.4) is 0 Å². The molecule has 0 saturated carbocycles. The molecule has 2 amide bonds. The van der Waals surface area contributed by atoms with Crippen molar-refractivity contribution in [2.24, 2.45) is 5.92 Å². The van der Waals surface area contributed by atoms with E-state index >= 15 is 0 Å². The van der Waals surface area contributed by atoms with Crippen LogP contribution in [0, 0.1) is 17.6 Å². The van der Waals surface area contributed by atoms with Gasteiger partial charge in [0.05, 0.1) is 11.6 Å². The Labute approximate surface area is 163 Å². The molecule has 4 rings (SSSR count). The fourth-order valence-corrected chi connectivity index (χ4v) is 3.54. The first-order valence-corrected chi connectivity index (χ1v) is 9.28. The number of hydrogen-bond acceptors (Lipinski definition) is 5. The SMILES string of the molecule is O=C(Nc1ccc(-c2csnn2)cc1)C1CC(=O)N(c2ccc(F)cc2F)C1. The summed E-state index contributed by atoms with van der Waals surface area (Å²) in [6.45, 7) is 0.0375.